The minimum Gasteiger partial charge on any atom is -0.311 e. The smallest absolute Gasteiger partial charge is 0.264 e. The Morgan fingerprint density at radius 2 is 1.29 bits per heavy atom. The highest BCUT2D eigenvalue weighted by Gasteiger charge is 2.24. The molecule has 0 rings (SSSR count). The quantitative estimate of drug-likeness (QED) is 0.271. The Hall–Kier alpha value is -0.130. The molecule has 146 valence electrons. The average molecular weight is 364 g/mol. The summed E-state index contributed by atoms with van der Waals surface area (Å²) >= 11 is 0. The van der Waals surface area contributed by atoms with Gasteiger partial charge in [-0.05, 0) is 32.2 Å². The highest BCUT2D eigenvalue weighted by Crippen LogP contribution is 2.23. The third kappa shape index (κ3) is 13.2. The molecule has 0 amide bonds. The lowest BCUT2D eigenvalue weighted by Gasteiger charge is -2.33. The molecule has 24 heavy (non-hydrogen) atoms. The fourth-order valence-corrected chi connectivity index (χ4v) is 3.83. The summed E-state index contributed by atoms with van der Waals surface area (Å²) in [5.41, 5.74) is 0.125. The van der Waals surface area contributed by atoms with Crippen molar-refractivity contribution in [2.75, 3.05) is 12.3 Å². The van der Waals surface area contributed by atoms with Crippen molar-refractivity contribution in [1.29, 1.82) is 0 Å². The second-order valence-electron chi connectivity index (χ2n) is 7.13. The van der Waals surface area contributed by atoms with Crippen LogP contribution in [0.1, 0.15) is 104 Å². The Bertz CT molecular complexity index is 378. The molecule has 0 fully saturated rings. The molecule has 5 heteroatoms. The van der Waals surface area contributed by atoms with Gasteiger partial charge in [0.2, 0.25) is 0 Å². The third-order valence-corrected chi connectivity index (χ3v) is 6.00. The maximum Gasteiger partial charge on any atom is 0.264 e. The van der Waals surface area contributed by atoms with E-state index in [4.69, 9.17) is 4.55 Å². The number of rotatable bonds is 17. The molecule has 0 heterocycles. The second-order valence-corrected chi connectivity index (χ2v) is 8.70. The van der Waals surface area contributed by atoms with Crippen LogP contribution >= 0.6 is 0 Å². The van der Waals surface area contributed by atoms with E-state index in [0.717, 1.165) is 19.3 Å². The van der Waals surface area contributed by atoms with E-state index in [2.05, 4.69) is 26.1 Å². The highest BCUT2D eigenvalue weighted by atomic mass is 32.2. The lowest BCUT2D eigenvalue weighted by atomic mass is 9.86. The molecule has 0 aliphatic rings. The molecule has 0 aliphatic heterocycles. The predicted octanol–water partition coefficient (Wildman–Crippen LogP) is 5.33. The Morgan fingerprint density at radius 3 is 1.75 bits per heavy atom. The van der Waals surface area contributed by atoms with Crippen LogP contribution in [0.4, 0.5) is 0 Å². The van der Waals surface area contributed by atoms with Crippen LogP contribution in [-0.2, 0) is 10.1 Å². The van der Waals surface area contributed by atoms with Crippen molar-refractivity contribution in [1.82, 2.24) is 5.32 Å². The van der Waals surface area contributed by atoms with Crippen LogP contribution in [0, 0.1) is 0 Å². The molecular formula is C19H41NO3S. The molecule has 0 unspecified atom stereocenters. The van der Waals surface area contributed by atoms with Crippen molar-refractivity contribution in [3.8, 4) is 0 Å². The van der Waals surface area contributed by atoms with E-state index in [0.29, 0.717) is 13.0 Å². The SMILES string of the molecule is CCCCCCCCCCCC(CC)(CC)NCCCS(=O)(=O)O. The summed E-state index contributed by atoms with van der Waals surface area (Å²) in [7, 11) is -3.83. The third-order valence-electron chi connectivity index (χ3n) is 5.19. The van der Waals surface area contributed by atoms with Gasteiger partial charge >= 0.3 is 0 Å². The summed E-state index contributed by atoms with van der Waals surface area (Å²) in [5.74, 6) is -0.151. The van der Waals surface area contributed by atoms with Crippen molar-refractivity contribution in [3.05, 3.63) is 0 Å². The molecule has 0 saturated carbocycles. The summed E-state index contributed by atoms with van der Waals surface area (Å²) in [4.78, 5) is 0. The molecule has 0 aromatic rings. The van der Waals surface area contributed by atoms with Gasteiger partial charge in [0.05, 0.1) is 5.75 Å². The predicted molar refractivity (Wildman–Crippen MR) is 104 cm³/mol. The average Bonchev–Trinajstić information content (AvgIpc) is 2.54. The van der Waals surface area contributed by atoms with Gasteiger partial charge in [-0.1, -0.05) is 78.6 Å². The molecule has 4 nitrogen and oxygen atoms in total. The molecule has 0 aromatic carbocycles. The summed E-state index contributed by atoms with van der Waals surface area (Å²) in [6.07, 6.45) is 15.8. The zero-order chi connectivity index (χ0) is 18.3. The fraction of sp³-hybridized carbons (Fsp3) is 1.00. The lowest BCUT2D eigenvalue weighted by Crippen LogP contribution is -2.45. The first-order chi connectivity index (χ1) is 11.4. The van der Waals surface area contributed by atoms with E-state index in [1.165, 1.54) is 57.8 Å². The monoisotopic (exact) mass is 363 g/mol. The molecule has 0 aliphatic carbocycles. The molecule has 0 spiro atoms. The van der Waals surface area contributed by atoms with E-state index >= 15 is 0 Å². The molecule has 0 atom stereocenters. The molecule has 0 saturated heterocycles. The number of hydrogen-bond acceptors (Lipinski definition) is 3. The van der Waals surface area contributed by atoms with Crippen molar-refractivity contribution in [2.45, 2.75) is 110 Å². The maximum atomic E-state index is 10.8. The van der Waals surface area contributed by atoms with Crippen LogP contribution in [-0.4, -0.2) is 30.8 Å². The Morgan fingerprint density at radius 1 is 0.792 bits per heavy atom. The standard InChI is InChI=1S/C19H41NO3S/c1-4-7-8-9-10-11-12-13-14-16-19(5-2,6-3)20-17-15-18-24(21,22)23/h20H,4-18H2,1-3H3,(H,21,22,23). The maximum absolute atomic E-state index is 10.8. The molecule has 0 bridgehead atoms. The first kappa shape index (κ1) is 23.9. The van der Waals surface area contributed by atoms with Crippen LogP contribution in [0.3, 0.4) is 0 Å². The zero-order valence-corrected chi connectivity index (χ0v) is 17.1. The van der Waals surface area contributed by atoms with Crippen molar-refractivity contribution < 1.29 is 13.0 Å². The van der Waals surface area contributed by atoms with E-state index in [-0.39, 0.29) is 11.3 Å². The first-order valence-electron chi connectivity index (χ1n) is 10.1. The van der Waals surface area contributed by atoms with Gasteiger partial charge in [0.25, 0.3) is 10.1 Å². The zero-order valence-electron chi connectivity index (χ0n) is 16.3. The van der Waals surface area contributed by atoms with E-state index in [1.54, 1.807) is 0 Å². The Labute approximate surface area is 150 Å². The number of nitrogens with one attached hydrogen (secondary N) is 1. The van der Waals surface area contributed by atoms with E-state index < -0.39 is 10.1 Å². The Kier molecular flexibility index (Phi) is 14.0. The van der Waals surface area contributed by atoms with Gasteiger partial charge < -0.3 is 5.32 Å². The molecule has 2 N–H and O–H groups in total. The van der Waals surface area contributed by atoms with Gasteiger partial charge in [0.1, 0.15) is 0 Å². The van der Waals surface area contributed by atoms with Crippen LogP contribution in [0.5, 0.6) is 0 Å². The van der Waals surface area contributed by atoms with Crippen LogP contribution in [0.25, 0.3) is 0 Å². The van der Waals surface area contributed by atoms with E-state index in [9.17, 15) is 8.42 Å². The summed E-state index contributed by atoms with van der Waals surface area (Å²) < 4.78 is 30.4. The van der Waals surface area contributed by atoms with Crippen molar-refractivity contribution >= 4 is 10.1 Å². The molecule has 0 radical (unpaired) electrons. The lowest BCUT2D eigenvalue weighted by molar-refractivity contribution is 0.270. The molecular weight excluding hydrogens is 322 g/mol. The number of hydrogen-bond donors (Lipinski definition) is 2. The van der Waals surface area contributed by atoms with Gasteiger partial charge in [-0.2, -0.15) is 8.42 Å². The first-order valence-corrected chi connectivity index (χ1v) is 11.7. The molecule has 0 aromatic heterocycles. The summed E-state index contributed by atoms with van der Waals surface area (Å²) in [5, 5.41) is 3.55. The van der Waals surface area contributed by atoms with Gasteiger partial charge in [-0.25, -0.2) is 0 Å². The normalized spacial score (nSPS) is 12.7. The Balaban J connectivity index is 3.85. The van der Waals surface area contributed by atoms with Crippen LogP contribution in [0.2, 0.25) is 0 Å². The fourth-order valence-electron chi connectivity index (χ4n) is 3.32. The van der Waals surface area contributed by atoms with Crippen molar-refractivity contribution in [3.63, 3.8) is 0 Å². The van der Waals surface area contributed by atoms with Crippen LogP contribution < -0.4 is 5.32 Å². The van der Waals surface area contributed by atoms with Gasteiger partial charge in [0, 0.05) is 5.54 Å². The van der Waals surface area contributed by atoms with Gasteiger partial charge in [-0.15, -0.1) is 0 Å². The van der Waals surface area contributed by atoms with Gasteiger partial charge in [0.15, 0.2) is 0 Å². The second kappa shape index (κ2) is 14.1. The summed E-state index contributed by atoms with van der Waals surface area (Å²) in [6.45, 7) is 7.31. The summed E-state index contributed by atoms with van der Waals surface area (Å²) in [6, 6.07) is 0. The largest absolute Gasteiger partial charge is 0.311 e. The highest BCUT2D eigenvalue weighted by molar-refractivity contribution is 7.85. The van der Waals surface area contributed by atoms with E-state index in [1.807, 2.05) is 0 Å². The minimum atomic E-state index is -3.83. The van der Waals surface area contributed by atoms with Gasteiger partial charge in [-0.3, -0.25) is 4.55 Å². The topological polar surface area (TPSA) is 66.4 Å². The minimum absolute atomic E-state index is 0.125. The van der Waals surface area contributed by atoms with Crippen molar-refractivity contribution in [2.24, 2.45) is 0 Å². The van der Waals surface area contributed by atoms with Crippen LogP contribution in [0.15, 0.2) is 0 Å². The number of unbranched alkanes of at least 4 members (excludes halogenated alkanes) is 8.